The van der Waals surface area contributed by atoms with E-state index >= 15 is 0 Å². The lowest BCUT2D eigenvalue weighted by Gasteiger charge is -2.52. The molecule has 6 bridgehead atoms. The van der Waals surface area contributed by atoms with Crippen LogP contribution < -0.4 is 23.8 Å². The molecule has 67 heavy (non-hydrogen) atoms. The van der Waals surface area contributed by atoms with E-state index in [1.54, 1.807) is 47.5 Å². The van der Waals surface area contributed by atoms with Crippen LogP contribution in [-0.4, -0.2) is 118 Å². The standard InChI is InChI=1S/C48H46Cl2F3N7O6S/c1-25-37-26(2)41(50)42(40(25)49)65-34(21-59-14-12-58(3)13-15-59)23-63-33-8-9-35(64-22-32-10-11-54-47(57-32)60-19-29-18-30(20-60)48(29,52)53)28(16-33)17-36(46(61)62)66-44-39-38(37)43(67-45(39)56-24-55-44)27-4-6-31(51)7-5-27/h4-11,16,24,29-30,34,36H,12-15,17-23H2,1-3H3,(H,61,62)/t29-,30+,34-,36-/m1/s1. The Morgan fingerprint density at radius 2 is 1.69 bits per heavy atom. The Kier molecular flexibility index (Phi) is 12.3. The summed E-state index contributed by atoms with van der Waals surface area (Å²) in [6, 6.07) is 12.9. The van der Waals surface area contributed by atoms with Crippen LogP contribution in [0.15, 0.2) is 61.1 Å². The second-order valence-electron chi connectivity index (χ2n) is 17.7. The summed E-state index contributed by atoms with van der Waals surface area (Å²) in [6.45, 7) is 7.98. The Labute approximate surface area is 398 Å². The van der Waals surface area contributed by atoms with Crippen molar-refractivity contribution in [2.45, 2.75) is 51.4 Å². The van der Waals surface area contributed by atoms with Gasteiger partial charge >= 0.3 is 5.97 Å². The average Bonchev–Trinajstić information content (AvgIpc) is 3.71. The summed E-state index contributed by atoms with van der Waals surface area (Å²) in [5.74, 6) is -4.41. The van der Waals surface area contributed by atoms with Gasteiger partial charge in [0.25, 0.3) is 5.92 Å². The van der Waals surface area contributed by atoms with E-state index < -0.39 is 41.8 Å². The SMILES string of the molecule is Cc1c(Cl)c2c(Cl)c(C)c1-c1c(-c3ccc(F)cc3)sc3ncnc(c13)O[C@@H](C(=O)O)Cc1cc(ccc1OCc1ccnc(N3C[C@H]4C[C@@H](C3)C4(F)F)n1)OC[C@@H](CN1CCN(C)CC1)O2. The van der Waals surface area contributed by atoms with E-state index in [0.29, 0.717) is 90.3 Å². The molecule has 1 aliphatic carbocycles. The number of aliphatic carboxylic acids is 1. The maximum absolute atomic E-state index is 14.4. The van der Waals surface area contributed by atoms with Crippen molar-refractivity contribution in [2.75, 3.05) is 64.4 Å². The van der Waals surface area contributed by atoms with Crippen molar-refractivity contribution < 1.29 is 42.0 Å². The quantitative estimate of drug-likeness (QED) is 0.156. The summed E-state index contributed by atoms with van der Waals surface area (Å²) < 4.78 is 69.2. The van der Waals surface area contributed by atoms with E-state index in [1.165, 1.54) is 29.8 Å². The molecule has 4 atom stereocenters. The number of thiophene rings is 1. The maximum atomic E-state index is 14.4. The number of hydrogen-bond acceptors (Lipinski definition) is 13. The van der Waals surface area contributed by atoms with Crippen LogP contribution in [0.5, 0.6) is 23.1 Å². The number of alkyl halides is 2. The Morgan fingerprint density at radius 1 is 0.955 bits per heavy atom. The summed E-state index contributed by atoms with van der Waals surface area (Å²) in [4.78, 5) is 39.0. The third-order valence-electron chi connectivity index (χ3n) is 13.3. The normalized spacial score (nSPS) is 21.8. The lowest BCUT2D eigenvalue weighted by molar-refractivity contribution is -0.194. The molecule has 19 heteroatoms. The molecule has 0 amide bonds. The molecule has 5 aliphatic heterocycles. The number of ether oxygens (including phenoxy) is 4. The summed E-state index contributed by atoms with van der Waals surface area (Å²) in [7, 11) is 2.09. The zero-order valence-electron chi connectivity index (χ0n) is 36.8. The second-order valence-corrected chi connectivity index (χ2v) is 19.4. The van der Waals surface area contributed by atoms with Gasteiger partial charge in [-0.3, -0.25) is 4.90 Å². The van der Waals surface area contributed by atoms with Gasteiger partial charge in [0.2, 0.25) is 17.9 Å². The number of piperidine rings is 2. The van der Waals surface area contributed by atoms with Gasteiger partial charge in [0.1, 0.15) is 47.8 Å². The van der Waals surface area contributed by atoms with Gasteiger partial charge in [-0.25, -0.2) is 37.9 Å². The van der Waals surface area contributed by atoms with Crippen molar-refractivity contribution in [3.8, 4) is 44.7 Å². The molecule has 4 fully saturated rings. The second kappa shape index (κ2) is 18.2. The molecule has 0 radical (unpaired) electrons. The Morgan fingerprint density at radius 3 is 2.39 bits per heavy atom. The van der Waals surface area contributed by atoms with Gasteiger partial charge < -0.3 is 33.9 Å². The van der Waals surface area contributed by atoms with Crippen LogP contribution in [0.2, 0.25) is 10.0 Å². The van der Waals surface area contributed by atoms with Crippen LogP contribution in [0.25, 0.3) is 31.8 Å². The zero-order chi connectivity index (χ0) is 46.7. The van der Waals surface area contributed by atoms with Gasteiger partial charge in [-0.15, -0.1) is 11.3 Å². The van der Waals surface area contributed by atoms with Crippen molar-refractivity contribution in [1.29, 1.82) is 0 Å². The average molecular weight is 977 g/mol. The van der Waals surface area contributed by atoms with E-state index in [2.05, 4.69) is 36.8 Å². The number of benzene rings is 3. The first-order valence-electron chi connectivity index (χ1n) is 22.0. The Balaban J connectivity index is 1.06. The highest BCUT2D eigenvalue weighted by Gasteiger charge is 2.61. The van der Waals surface area contributed by atoms with Crippen molar-refractivity contribution in [1.82, 2.24) is 29.7 Å². The molecule has 3 aromatic heterocycles. The van der Waals surface area contributed by atoms with Crippen LogP contribution in [0.1, 0.15) is 28.8 Å². The number of hydrogen-bond donors (Lipinski definition) is 1. The lowest BCUT2D eigenvalue weighted by atomic mass is 9.67. The van der Waals surface area contributed by atoms with E-state index in [-0.39, 0.29) is 48.6 Å². The molecule has 3 aromatic carbocycles. The topological polar surface area (TPSA) is 136 Å². The minimum atomic E-state index is -2.67. The fraction of sp³-hybridized carbons (Fsp3) is 0.396. The minimum absolute atomic E-state index is 0.00330. The smallest absolute Gasteiger partial charge is 0.345 e. The number of rotatable bonds is 8. The first kappa shape index (κ1) is 45.3. The molecule has 12 rings (SSSR count). The molecular weight excluding hydrogens is 931 g/mol. The van der Waals surface area contributed by atoms with Crippen LogP contribution in [-0.2, 0) is 17.8 Å². The lowest BCUT2D eigenvalue weighted by Crippen LogP contribution is -2.63. The van der Waals surface area contributed by atoms with Gasteiger partial charge in [0.15, 0.2) is 5.75 Å². The molecule has 350 valence electrons. The number of halogens is 5. The summed E-state index contributed by atoms with van der Waals surface area (Å²) in [6.07, 6.45) is 1.11. The van der Waals surface area contributed by atoms with E-state index in [9.17, 15) is 23.1 Å². The van der Waals surface area contributed by atoms with Crippen LogP contribution in [0, 0.1) is 31.5 Å². The van der Waals surface area contributed by atoms with Crippen LogP contribution in [0.3, 0.4) is 0 Å². The van der Waals surface area contributed by atoms with Crippen LogP contribution in [0.4, 0.5) is 19.1 Å². The maximum Gasteiger partial charge on any atom is 0.345 e. The molecule has 6 aromatic rings. The number of aromatic nitrogens is 4. The van der Waals surface area contributed by atoms with Crippen molar-refractivity contribution >= 4 is 56.7 Å². The van der Waals surface area contributed by atoms with Gasteiger partial charge in [0.05, 0.1) is 21.1 Å². The summed E-state index contributed by atoms with van der Waals surface area (Å²) in [5, 5.41) is 11.8. The number of carbonyl (C=O) groups is 1. The van der Waals surface area contributed by atoms with Crippen molar-refractivity contribution in [3.05, 3.63) is 99.3 Å². The molecule has 6 aliphatic rings. The highest BCUT2D eigenvalue weighted by molar-refractivity contribution is 7.22. The molecule has 0 unspecified atom stereocenters. The first-order chi connectivity index (χ1) is 32.2. The molecule has 0 spiro atoms. The molecule has 3 saturated heterocycles. The van der Waals surface area contributed by atoms with Crippen LogP contribution >= 0.6 is 34.5 Å². The third-order valence-corrected chi connectivity index (χ3v) is 15.3. The molecule has 13 nitrogen and oxygen atoms in total. The third kappa shape index (κ3) is 8.80. The fourth-order valence-corrected chi connectivity index (χ4v) is 11.1. The minimum Gasteiger partial charge on any atom is -0.490 e. The molecular formula is C48H46Cl2F3N7O6S. The highest BCUT2D eigenvalue weighted by atomic mass is 35.5. The molecule has 1 N–H and O–H groups in total. The number of anilines is 1. The van der Waals surface area contributed by atoms with E-state index in [4.69, 9.17) is 42.1 Å². The number of nitrogens with zero attached hydrogens (tertiary/aromatic N) is 7. The number of likely N-dealkylation sites (N-methyl/N-ethyl adjacent to an activating group) is 1. The molecule has 8 heterocycles. The van der Waals surface area contributed by atoms with E-state index in [1.807, 2.05) is 13.8 Å². The number of piperazine rings is 1. The highest BCUT2D eigenvalue weighted by Crippen LogP contribution is 2.54. The van der Waals surface area contributed by atoms with Gasteiger partial charge in [-0.1, -0.05) is 35.3 Å². The Hall–Kier alpha value is -5.46. The summed E-state index contributed by atoms with van der Waals surface area (Å²) in [5.41, 5.74) is 4.12. The monoisotopic (exact) mass is 975 g/mol. The van der Waals surface area contributed by atoms with Gasteiger partial charge in [-0.2, -0.15) is 0 Å². The van der Waals surface area contributed by atoms with Crippen molar-refractivity contribution in [3.63, 3.8) is 0 Å². The number of carboxylic acid groups (broad SMARTS) is 1. The predicted molar refractivity (Wildman–Crippen MR) is 249 cm³/mol. The fourth-order valence-electron chi connectivity index (χ4n) is 9.48. The largest absolute Gasteiger partial charge is 0.490 e. The number of fused-ring (bicyclic) bond motifs is 9. The predicted octanol–water partition coefficient (Wildman–Crippen LogP) is 9.01. The first-order valence-corrected chi connectivity index (χ1v) is 23.6. The van der Waals surface area contributed by atoms with Gasteiger partial charge in [-0.05, 0) is 86.0 Å². The zero-order valence-corrected chi connectivity index (χ0v) is 39.1. The van der Waals surface area contributed by atoms with Gasteiger partial charge in [0, 0.05) is 86.3 Å². The Bertz CT molecular complexity index is 2830. The molecule has 1 saturated carbocycles. The summed E-state index contributed by atoms with van der Waals surface area (Å²) >= 11 is 15.9. The van der Waals surface area contributed by atoms with Crippen molar-refractivity contribution in [2.24, 2.45) is 11.8 Å². The van der Waals surface area contributed by atoms with E-state index in [0.717, 1.165) is 26.2 Å². The number of carboxylic acids is 1.